The van der Waals surface area contributed by atoms with Gasteiger partial charge >= 0.3 is 0 Å². The molecule has 32 heavy (non-hydrogen) atoms. The summed E-state index contributed by atoms with van der Waals surface area (Å²) in [6.45, 7) is 0.958. The van der Waals surface area contributed by atoms with Gasteiger partial charge in [0.15, 0.2) is 0 Å². The first-order chi connectivity index (χ1) is 15.6. The number of benzene rings is 3. The van der Waals surface area contributed by atoms with Crippen molar-refractivity contribution >= 4 is 34.8 Å². The molecule has 0 radical (unpaired) electrons. The van der Waals surface area contributed by atoms with Gasteiger partial charge < -0.3 is 20.1 Å². The van der Waals surface area contributed by atoms with Gasteiger partial charge in [-0.1, -0.05) is 35.9 Å². The Bertz CT molecular complexity index is 1100. The molecule has 4 rings (SSSR count). The predicted molar refractivity (Wildman–Crippen MR) is 124 cm³/mol. The minimum atomic E-state index is -0.425. The molecule has 164 valence electrons. The van der Waals surface area contributed by atoms with E-state index in [1.807, 2.05) is 24.3 Å². The monoisotopic (exact) mass is 450 g/mol. The maximum Gasteiger partial charge on any atom is 0.255 e. The topological polar surface area (TPSA) is 76.7 Å². The molecule has 0 saturated carbocycles. The van der Waals surface area contributed by atoms with Gasteiger partial charge in [-0.3, -0.25) is 9.59 Å². The zero-order valence-corrected chi connectivity index (χ0v) is 18.1. The third-order valence-corrected chi connectivity index (χ3v) is 5.45. The van der Waals surface area contributed by atoms with E-state index in [1.165, 1.54) is 0 Å². The second-order valence-corrected chi connectivity index (χ2v) is 7.84. The number of anilines is 2. The fraction of sp³-hybridized carbons (Fsp3) is 0.200. The summed E-state index contributed by atoms with van der Waals surface area (Å²) >= 11 is 6.15. The standard InChI is InChI=1S/C25H23ClN2O4/c26-22-8-2-1-5-18(22)16-32-21-12-10-19(11-13-21)27-24(29)17-6-3-7-20(15-17)28-25(30)23-9-4-14-31-23/h1-3,5-8,10-13,15,23H,4,9,14,16H2,(H,27,29)(H,28,30). The summed E-state index contributed by atoms with van der Waals surface area (Å²) < 4.78 is 11.2. The van der Waals surface area contributed by atoms with E-state index in [0.717, 1.165) is 12.0 Å². The van der Waals surface area contributed by atoms with Crippen molar-refractivity contribution in [2.75, 3.05) is 17.2 Å². The second-order valence-electron chi connectivity index (χ2n) is 7.43. The van der Waals surface area contributed by atoms with E-state index in [-0.39, 0.29) is 11.8 Å². The molecule has 3 aromatic rings. The normalized spacial score (nSPS) is 15.2. The van der Waals surface area contributed by atoms with Crippen LogP contribution in [-0.4, -0.2) is 24.5 Å². The predicted octanol–water partition coefficient (Wildman–Crippen LogP) is 5.29. The molecular formula is C25H23ClN2O4. The molecule has 1 fully saturated rings. The summed E-state index contributed by atoms with van der Waals surface area (Å²) in [7, 11) is 0. The molecular weight excluding hydrogens is 428 g/mol. The minimum absolute atomic E-state index is 0.188. The van der Waals surface area contributed by atoms with E-state index in [2.05, 4.69) is 10.6 Å². The van der Waals surface area contributed by atoms with Crippen LogP contribution in [-0.2, 0) is 16.1 Å². The first-order valence-corrected chi connectivity index (χ1v) is 10.8. The van der Waals surface area contributed by atoms with Crippen LogP contribution in [0.2, 0.25) is 5.02 Å². The van der Waals surface area contributed by atoms with Crippen molar-refractivity contribution in [3.63, 3.8) is 0 Å². The molecule has 2 amide bonds. The summed E-state index contributed by atoms with van der Waals surface area (Å²) in [5.41, 5.74) is 2.53. The Morgan fingerprint density at radius 1 is 0.969 bits per heavy atom. The van der Waals surface area contributed by atoms with Crippen molar-refractivity contribution in [2.45, 2.75) is 25.6 Å². The Hall–Kier alpha value is -3.35. The summed E-state index contributed by atoms with van der Waals surface area (Å²) in [6.07, 6.45) is 1.17. The maximum absolute atomic E-state index is 12.6. The van der Waals surface area contributed by atoms with Crippen LogP contribution in [0.3, 0.4) is 0 Å². The number of hydrogen-bond acceptors (Lipinski definition) is 4. The van der Waals surface area contributed by atoms with Crippen LogP contribution in [0.1, 0.15) is 28.8 Å². The van der Waals surface area contributed by atoms with E-state index in [4.69, 9.17) is 21.1 Å². The molecule has 0 bridgehead atoms. The Labute approximate surface area is 191 Å². The number of nitrogens with one attached hydrogen (secondary N) is 2. The fourth-order valence-corrected chi connectivity index (χ4v) is 3.55. The number of ether oxygens (including phenoxy) is 2. The number of hydrogen-bond donors (Lipinski definition) is 2. The van der Waals surface area contributed by atoms with Gasteiger partial charge in [-0.05, 0) is 61.4 Å². The van der Waals surface area contributed by atoms with Crippen molar-refractivity contribution in [1.82, 2.24) is 0 Å². The SMILES string of the molecule is O=C(Nc1ccc(OCc2ccccc2Cl)cc1)c1cccc(NC(=O)C2CCCO2)c1. The molecule has 2 N–H and O–H groups in total. The second kappa shape index (κ2) is 10.3. The van der Waals surface area contributed by atoms with Crippen molar-refractivity contribution in [3.05, 3.63) is 88.9 Å². The molecule has 0 aromatic heterocycles. The van der Waals surface area contributed by atoms with Crippen molar-refractivity contribution in [2.24, 2.45) is 0 Å². The quantitative estimate of drug-likeness (QED) is 0.512. The zero-order valence-electron chi connectivity index (χ0n) is 17.3. The average Bonchev–Trinajstić information content (AvgIpc) is 3.35. The summed E-state index contributed by atoms with van der Waals surface area (Å²) in [4.78, 5) is 24.9. The van der Waals surface area contributed by atoms with Crippen LogP contribution < -0.4 is 15.4 Å². The fourth-order valence-electron chi connectivity index (χ4n) is 3.36. The maximum atomic E-state index is 12.6. The van der Waals surface area contributed by atoms with Gasteiger partial charge in [0.2, 0.25) is 0 Å². The Kier molecular flexibility index (Phi) is 7.04. The molecule has 0 aliphatic carbocycles. The molecule has 1 aliphatic rings. The van der Waals surface area contributed by atoms with Gasteiger partial charge in [0, 0.05) is 34.1 Å². The van der Waals surface area contributed by atoms with Gasteiger partial charge in [-0.25, -0.2) is 0 Å². The molecule has 1 heterocycles. The van der Waals surface area contributed by atoms with Crippen LogP contribution >= 0.6 is 11.6 Å². The highest BCUT2D eigenvalue weighted by molar-refractivity contribution is 6.31. The summed E-state index contributed by atoms with van der Waals surface area (Å²) in [5, 5.41) is 6.32. The van der Waals surface area contributed by atoms with E-state index in [1.54, 1.807) is 48.5 Å². The van der Waals surface area contributed by atoms with E-state index >= 15 is 0 Å². The number of amides is 2. The molecule has 0 spiro atoms. The lowest BCUT2D eigenvalue weighted by atomic mass is 10.1. The highest BCUT2D eigenvalue weighted by Gasteiger charge is 2.23. The van der Waals surface area contributed by atoms with Crippen LogP contribution in [0.25, 0.3) is 0 Å². The number of carbonyl (C=O) groups excluding carboxylic acids is 2. The molecule has 1 unspecified atom stereocenters. The third-order valence-electron chi connectivity index (χ3n) is 5.08. The molecule has 6 nitrogen and oxygen atoms in total. The van der Waals surface area contributed by atoms with Crippen LogP contribution in [0, 0.1) is 0 Å². The van der Waals surface area contributed by atoms with Gasteiger partial charge in [0.1, 0.15) is 18.5 Å². The largest absolute Gasteiger partial charge is 0.489 e. The van der Waals surface area contributed by atoms with Crippen LogP contribution in [0.15, 0.2) is 72.8 Å². The highest BCUT2D eigenvalue weighted by Crippen LogP contribution is 2.21. The van der Waals surface area contributed by atoms with Gasteiger partial charge in [-0.15, -0.1) is 0 Å². The molecule has 1 aliphatic heterocycles. The first-order valence-electron chi connectivity index (χ1n) is 10.4. The van der Waals surface area contributed by atoms with Gasteiger partial charge in [-0.2, -0.15) is 0 Å². The van der Waals surface area contributed by atoms with Crippen LogP contribution in [0.4, 0.5) is 11.4 Å². The van der Waals surface area contributed by atoms with Gasteiger partial charge in [0.25, 0.3) is 11.8 Å². The van der Waals surface area contributed by atoms with E-state index in [9.17, 15) is 9.59 Å². The highest BCUT2D eigenvalue weighted by atomic mass is 35.5. The number of rotatable bonds is 7. The molecule has 1 atom stereocenters. The van der Waals surface area contributed by atoms with Gasteiger partial charge in [0.05, 0.1) is 0 Å². The first kappa shape index (κ1) is 21.9. The minimum Gasteiger partial charge on any atom is -0.489 e. The molecule has 3 aromatic carbocycles. The Balaban J connectivity index is 1.33. The van der Waals surface area contributed by atoms with Crippen molar-refractivity contribution < 1.29 is 19.1 Å². The molecule has 1 saturated heterocycles. The lowest BCUT2D eigenvalue weighted by molar-refractivity contribution is -0.124. The Morgan fingerprint density at radius 2 is 1.78 bits per heavy atom. The average molecular weight is 451 g/mol. The number of halogens is 1. The summed E-state index contributed by atoms with van der Waals surface area (Å²) in [6, 6.07) is 21.4. The third kappa shape index (κ3) is 5.66. The molecule has 7 heteroatoms. The lowest BCUT2D eigenvalue weighted by Crippen LogP contribution is -2.27. The van der Waals surface area contributed by atoms with Crippen molar-refractivity contribution in [1.29, 1.82) is 0 Å². The smallest absolute Gasteiger partial charge is 0.255 e. The van der Waals surface area contributed by atoms with Crippen molar-refractivity contribution in [3.8, 4) is 5.75 Å². The van der Waals surface area contributed by atoms with Crippen LogP contribution in [0.5, 0.6) is 5.75 Å². The zero-order chi connectivity index (χ0) is 22.3. The number of carbonyl (C=O) groups is 2. The summed E-state index contributed by atoms with van der Waals surface area (Å²) in [5.74, 6) is 0.206. The van der Waals surface area contributed by atoms with E-state index in [0.29, 0.717) is 47.3 Å². The van der Waals surface area contributed by atoms with E-state index < -0.39 is 6.10 Å². The Morgan fingerprint density at radius 3 is 2.53 bits per heavy atom. The lowest BCUT2D eigenvalue weighted by Gasteiger charge is -2.12.